The first-order chi connectivity index (χ1) is 10.1. The maximum atomic E-state index is 9.74. The fraction of sp³-hybridized carbons (Fsp3) is 0.471. The predicted octanol–water partition coefficient (Wildman–Crippen LogP) is 3.60. The lowest BCUT2D eigenvalue weighted by molar-refractivity contribution is 0.196. The third kappa shape index (κ3) is 4.43. The van der Waals surface area contributed by atoms with E-state index in [0.717, 1.165) is 30.1 Å². The number of aromatic nitrogens is 1. The number of thioether (sulfide) groups is 1. The van der Waals surface area contributed by atoms with E-state index < -0.39 is 0 Å². The van der Waals surface area contributed by atoms with E-state index in [2.05, 4.69) is 24.4 Å². The first kappa shape index (κ1) is 16.3. The third-order valence-corrected chi connectivity index (χ3v) is 4.82. The Balaban J connectivity index is 2.31. The fourth-order valence-corrected chi connectivity index (χ4v) is 3.03. The maximum Gasteiger partial charge on any atom is 0.102 e. The van der Waals surface area contributed by atoms with Gasteiger partial charge in [-0.1, -0.05) is 32.0 Å². The number of aliphatic hydroxyl groups excluding tert-OH is 1. The van der Waals surface area contributed by atoms with Crippen molar-refractivity contribution in [2.75, 3.05) is 6.54 Å². The number of para-hydroxylation sites is 1. The summed E-state index contributed by atoms with van der Waals surface area (Å²) in [6, 6.07) is 10.4. The van der Waals surface area contributed by atoms with Crippen molar-refractivity contribution >= 4 is 22.7 Å². The van der Waals surface area contributed by atoms with Gasteiger partial charge in [0.05, 0.1) is 11.6 Å². The molecule has 2 unspecified atom stereocenters. The lowest BCUT2D eigenvalue weighted by Gasteiger charge is -2.17. The average Bonchev–Trinajstić information content (AvgIpc) is 2.47. The highest BCUT2D eigenvalue weighted by atomic mass is 32.2. The van der Waals surface area contributed by atoms with Crippen molar-refractivity contribution in [2.24, 2.45) is 0 Å². The van der Waals surface area contributed by atoms with Crippen LogP contribution in [0.3, 0.4) is 0 Å². The Morgan fingerprint density at radius 1 is 1.29 bits per heavy atom. The summed E-state index contributed by atoms with van der Waals surface area (Å²) in [4.78, 5) is 4.79. The van der Waals surface area contributed by atoms with Gasteiger partial charge in [-0.25, -0.2) is 4.98 Å². The molecule has 0 aliphatic carbocycles. The summed E-state index contributed by atoms with van der Waals surface area (Å²) >= 11 is 1.65. The Morgan fingerprint density at radius 2 is 2.05 bits per heavy atom. The van der Waals surface area contributed by atoms with Crippen LogP contribution in [0.5, 0.6) is 0 Å². The van der Waals surface area contributed by atoms with Crippen molar-refractivity contribution in [1.82, 2.24) is 10.3 Å². The second-order valence-corrected chi connectivity index (χ2v) is 6.75. The minimum Gasteiger partial charge on any atom is -0.392 e. The lowest BCUT2D eigenvalue weighted by atomic mass is 10.1. The van der Waals surface area contributed by atoms with Crippen molar-refractivity contribution in [1.29, 1.82) is 0 Å². The van der Waals surface area contributed by atoms with E-state index in [9.17, 15) is 5.11 Å². The average molecular weight is 304 g/mol. The van der Waals surface area contributed by atoms with Crippen LogP contribution in [0.15, 0.2) is 35.4 Å². The van der Waals surface area contributed by atoms with E-state index in [1.54, 1.807) is 11.8 Å². The van der Waals surface area contributed by atoms with Gasteiger partial charge in [0, 0.05) is 17.2 Å². The second-order valence-electron chi connectivity index (χ2n) is 5.39. The molecule has 2 rings (SSSR count). The zero-order valence-electron chi connectivity index (χ0n) is 13.0. The Bertz CT molecular complexity index is 586. The molecule has 3 nitrogen and oxygen atoms in total. The molecule has 0 saturated carbocycles. The van der Waals surface area contributed by atoms with E-state index in [0.29, 0.717) is 0 Å². The van der Waals surface area contributed by atoms with Crippen LogP contribution in [0.1, 0.15) is 32.8 Å². The Kier molecular flexibility index (Phi) is 6.03. The summed E-state index contributed by atoms with van der Waals surface area (Å²) in [5.74, 6) is 0. The SMILES string of the molecule is CCCNCc1cc2ccccc2nc1SC(C)C(C)O. The van der Waals surface area contributed by atoms with Gasteiger partial charge in [-0.15, -0.1) is 11.8 Å². The number of benzene rings is 1. The van der Waals surface area contributed by atoms with Gasteiger partial charge in [0.15, 0.2) is 0 Å². The van der Waals surface area contributed by atoms with Crippen LogP contribution in [0.2, 0.25) is 0 Å². The van der Waals surface area contributed by atoms with Crippen LogP contribution in [0.4, 0.5) is 0 Å². The maximum absolute atomic E-state index is 9.74. The molecule has 0 radical (unpaired) electrons. The molecule has 114 valence electrons. The Labute approximate surface area is 131 Å². The standard InChI is InChI=1S/C17H24N2OS/c1-4-9-18-11-15-10-14-7-5-6-8-16(14)19-17(15)21-13(3)12(2)20/h5-8,10,12-13,18,20H,4,9,11H2,1-3H3. The predicted molar refractivity (Wildman–Crippen MR) is 90.7 cm³/mol. The number of nitrogens with one attached hydrogen (secondary N) is 1. The highest BCUT2D eigenvalue weighted by Crippen LogP contribution is 2.29. The summed E-state index contributed by atoms with van der Waals surface area (Å²) in [7, 11) is 0. The Hall–Kier alpha value is -1.10. The quantitative estimate of drug-likeness (QED) is 0.606. The van der Waals surface area contributed by atoms with Crippen molar-refractivity contribution in [2.45, 2.75) is 50.1 Å². The highest BCUT2D eigenvalue weighted by molar-refractivity contribution is 7.99. The second kappa shape index (κ2) is 7.78. The topological polar surface area (TPSA) is 45.2 Å². The number of rotatable bonds is 7. The van der Waals surface area contributed by atoms with Crippen molar-refractivity contribution in [3.63, 3.8) is 0 Å². The van der Waals surface area contributed by atoms with Crippen molar-refractivity contribution in [3.8, 4) is 0 Å². The molecule has 0 saturated heterocycles. The minimum absolute atomic E-state index is 0.128. The molecular formula is C17H24N2OS. The molecule has 2 aromatic rings. The zero-order chi connectivity index (χ0) is 15.2. The molecular weight excluding hydrogens is 280 g/mol. The van der Waals surface area contributed by atoms with Gasteiger partial charge in [0.1, 0.15) is 5.03 Å². The molecule has 1 aromatic heterocycles. The molecule has 0 spiro atoms. The molecule has 0 bridgehead atoms. The molecule has 21 heavy (non-hydrogen) atoms. The summed E-state index contributed by atoms with van der Waals surface area (Å²) in [6.45, 7) is 7.85. The molecule has 4 heteroatoms. The summed E-state index contributed by atoms with van der Waals surface area (Å²) in [6.07, 6.45) is 0.771. The minimum atomic E-state index is -0.347. The van der Waals surface area contributed by atoms with E-state index in [-0.39, 0.29) is 11.4 Å². The number of pyridine rings is 1. The highest BCUT2D eigenvalue weighted by Gasteiger charge is 2.15. The fourth-order valence-electron chi connectivity index (χ4n) is 2.05. The van der Waals surface area contributed by atoms with Gasteiger partial charge in [-0.3, -0.25) is 0 Å². The molecule has 0 aliphatic rings. The van der Waals surface area contributed by atoms with E-state index in [1.807, 2.05) is 32.0 Å². The monoisotopic (exact) mass is 304 g/mol. The largest absolute Gasteiger partial charge is 0.392 e. The number of nitrogens with zero attached hydrogens (tertiary/aromatic N) is 1. The van der Waals surface area contributed by atoms with Crippen molar-refractivity contribution < 1.29 is 5.11 Å². The van der Waals surface area contributed by atoms with Gasteiger partial charge in [-0.05, 0) is 37.6 Å². The normalized spacial score (nSPS) is 14.3. The third-order valence-electron chi connectivity index (χ3n) is 3.48. The van der Waals surface area contributed by atoms with E-state index >= 15 is 0 Å². The van der Waals surface area contributed by atoms with Gasteiger partial charge < -0.3 is 10.4 Å². The first-order valence-electron chi connectivity index (χ1n) is 7.56. The molecule has 0 amide bonds. The van der Waals surface area contributed by atoms with Gasteiger partial charge >= 0.3 is 0 Å². The molecule has 2 atom stereocenters. The van der Waals surface area contributed by atoms with Gasteiger partial charge in [0.25, 0.3) is 0 Å². The lowest BCUT2D eigenvalue weighted by Crippen LogP contribution is -2.18. The van der Waals surface area contributed by atoms with E-state index in [4.69, 9.17) is 4.98 Å². The zero-order valence-corrected chi connectivity index (χ0v) is 13.8. The summed E-state index contributed by atoms with van der Waals surface area (Å²) < 4.78 is 0. The van der Waals surface area contributed by atoms with Crippen LogP contribution in [0, 0.1) is 0 Å². The van der Waals surface area contributed by atoms with Crippen LogP contribution in [-0.2, 0) is 6.54 Å². The summed E-state index contributed by atoms with van der Waals surface area (Å²) in [5.41, 5.74) is 2.22. The van der Waals surface area contributed by atoms with Crippen LogP contribution in [0.25, 0.3) is 10.9 Å². The number of hydrogen-bond acceptors (Lipinski definition) is 4. The van der Waals surface area contributed by atoms with E-state index in [1.165, 1.54) is 10.9 Å². The number of aliphatic hydroxyl groups is 1. The molecule has 2 N–H and O–H groups in total. The van der Waals surface area contributed by atoms with Crippen LogP contribution >= 0.6 is 11.8 Å². The molecule has 1 aromatic carbocycles. The van der Waals surface area contributed by atoms with Crippen LogP contribution < -0.4 is 5.32 Å². The number of fused-ring (bicyclic) bond motifs is 1. The van der Waals surface area contributed by atoms with Gasteiger partial charge in [-0.2, -0.15) is 0 Å². The molecule has 1 heterocycles. The molecule has 0 fully saturated rings. The smallest absolute Gasteiger partial charge is 0.102 e. The summed E-state index contributed by atoms with van der Waals surface area (Å²) in [5, 5.41) is 15.5. The Morgan fingerprint density at radius 3 is 2.76 bits per heavy atom. The van der Waals surface area contributed by atoms with Gasteiger partial charge in [0.2, 0.25) is 0 Å². The molecule has 0 aliphatic heterocycles. The van der Waals surface area contributed by atoms with Crippen LogP contribution in [-0.4, -0.2) is 28.0 Å². The number of hydrogen-bond donors (Lipinski definition) is 2. The van der Waals surface area contributed by atoms with Crippen molar-refractivity contribution in [3.05, 3.63) is 35.9 Å². The first-order valence-corrected chi connectivity index (χ1v) is 8.44.